The maximum atomic E-state index is 8.67. The van der Waals surface area contributed by atoms with Gasteiger partial charge in [-0.15, -0.1) is 0 Å². The quantitative estimate of drug-likeness (QED) is 0.755. The third kappa shape index (κ3) is 5.46. The average Bonchev–Trinajstić information content (AvgIpc) is 2.25. The molecule has 1 aromatic heterocycles. The molecule has 0 saturated carbocycles. The number of aromatic nitrogens is 1. The van der Waals surface area contributed by atoms with Gasteiger partial charge in [0.2, 0.25) is 0 Å². The number of hydrogen-bond donors (Lipinski definition) is 0. The Hall–Kier alpha value is -1.40. The summed E-state index contributed by atoms with van der Waals surface area (Å²) in [5.74, 6) is 0.610. The van der Waals surface area contributed by atoms with Gasteiger partial charge in [-0.1, -0.05) is 19.9 Å². The smallest absolute Gasteiger partial charge is 0.0635 e. The molecule has 0 saturated heterocycles. The van der Waals surface area contributed by atoms with Gasteiger partial charge < -0.3 is 0 Å². The molecule has 0 spiro atoms. The van der Waals surface area contributed by atoms with Gasteiger partial charge >= 0.3 is 0 Å². The second-order valence-electron chi connectivity index (χ2n) is 4.81. The summed E-state index contributed by atoms with van der Waals surface area (Å²) in [5.41, 5.74) is 2.14. The number of nitrogens with zero attached hydrogens (tertiary/aromatic N) is 3. The monoisotopic (exact) mass is 231 g/mol. The Morgan fingerprint density at radius 1 is 1.41 bits per heavy atom. The zero-order valence-corrected chi connectivity index (χ0v) is 11.0. The first kappa shape index (κ1) is 13.7. The third-order valence-electron chi connectivity index (χ3n) is 2.49. The molecule has 0 aliphatic carbocycles. The average molecular weight is 231 g/mol. The minimum atomic E-state index is 0.582. The van der Waals surface area contributed by atoms with Gasteiger partial charge in [-0.05, 0) is 25.0 Å². The molecule has 0 amide bonds. The maximum absolute atomic E-state index is 8.67. The van der Waals surface area contributed by atoms with Crippen LogP contribution in [0.5, 0.6) is 0 Å². The molecule has 0 fully saturated rings. The molecule has 0 unspecified atom stereocenters. The van der Waals surface area contributed by atoms with Crippen LogP contribution in [0.4, 0.5) is 0 Å². The van der Waals surface area contributed by atoms with Crippen LogP contribution in [0.1, 0.15) is 31.7 Å². The molecule has 1 aromatic rings. The van der Waals surface area contributed by atoms with E-state index in [1.807, 2.05) is 25.1 Å². The fourth-order valence-electron chi connectivity index (χ4n) is 1.88. The first-order valence-electron chi connectivity index (χ1n) is 6.13. The zero-order chi connectivity index (χ0) is 12.7. The maximum Gasteiger partial charge on any atom is 0.0635 e. The lowest BCUT2D eigenvalue weighted by molar-refractivity contribution is 0.238. The van der Waals surface area contributed by atoms with Gasteiger partial charge in [0.05, 0.1) is 11.8 Å². The minimum absolute atomic E-state index is 0.582. The lowest BCUT2D eigenvalue weighted by Crippen LogP contribution is -2.28. The van der Waals surface area contributed by atoms with E-state index in [4.69, 9.17) is 5.26 Å². The van der Waals surface area contributed by atoms with Crippen LogP contribution in [0.25, 0.3) is 0 Å². The van der Waals surface area contributed by atoms with E-state index >= 15 is 0 Å². The van der Waals surface area contributed by atoms with Crippen molar-refractivity contribution in [2.24, 2.45) is 5.92 Å². The van der Waals surface area contributed by atoms with Gasteiger partial charge in [0.1, 0.15) is 0 Å². The molecule has 0 radical (unpaired) electrons. The molecule has 92 valence electrons. The number of aryl methyl sites for hydroxylation is 1. The van der Waals surface area contributed by atoms with Crippen LogP contribution in [-0.2, 0) is 6.54 Å². The highest BCUT2D eigenvalue weighted by atomic mass is 15.1. The lowest BCUT2D eigenvalue weighted by Gasteiger charge is -2.22. The van der Waals surface area contributed by atoms with Crippen molar-refractivity contribution in [3.63, 3.8) is 0 Å². The summed E-state index contributed by atoms with van der Waals surface area (Å²) in [4.78, 5) is 6.81. The molecule has 0 aliphatic rings. The van der Waals surface area contributed by atoms with Gasteiger partial charge in [-0.2, -0.15) is 5.26 Å². The van der Waals surface area contributed by atoms with Gasteiger partial charge in [0.15, 0.2) is 0 Å². The molecular weight excluding hydrogens is 210 g/mol. The summed E-state index contributed by atoms with van der Waals surface area (Å²) in [5, 5.41) is 8.67. The molecule has 1 rings (SSSR count). The molecule has 0 aromatic carbocycles. The molecular formula is C14H21N3. The van der Waals surface area contributed by atoms with Crippen molar-refractivity contribution in [2.45, 2.75) is 33.7 Å². The van der Waals surface area contributed by atoms with Crippen LogP contribution in [0.2, 0.25) is 0 Å². The van der Waals surface area contributed by atoms with E-state index in [0.717, 1.165) is 31.0 Å². The first-order valence-corrected chi connectivity index (χ1v) is 6.13. The van der Waals surface area contributed by atoms with Crippen molar-refractivity contribution in [3.8, 4) is 6.07 Å². The zero-order valence-electron chi connectivity index (χ0n) is 11.0. The highest BCUT2D eigenvalue weighted by molar-refractivity contribution is 5.09. The molecule has 0 aliphatic heterocycles. The second kappa shape index (κ2) is 7.03. The standard InChI is InChI=1S/C14H21N3/c1-12(2)10-17(9-5-8-15)11-14-7-4-6-13(3)16-14/h4,6-7,12H,5,9-11H2,1-3H3. The highest BCUT2D eigenvalue weighted by Gasteiger charge is 2.08. The van der Waals surface area contributed by atoms with Crippen molar-refractivity contribution in [2.75, 3.05) is 13.1 Å². The molecule has 3 nitrogen and oxygen atoms in total. The fraction of sp³-hybridized carbons (Fsp3) is 0.571. The van der Waals surface area contributed by atoms with E-state index in [0.29, 0.717) is 12.3 Å². The highest BCUT2D eigenvalue weighted by Crippen LogP contribution is 2.07. The van der Waals surface area contributed by atoms with Crippen molar-refractivity contribution >= 4 is 0 Å². The fourth-order valence-corrected chi connectivity index (χ4v) is 1.88. The van der Waals surface area contributed by atoms with E-state index < -0.39 is 0 Å². The van der Waals surface area contributed by atoms with Gasteiger partial charge in [0, 0.05) is 31.7 Å². The largest absolute Gasteiger partial charge is 0.296 e. The molecule has 1 heterocycles. The van der Waals surface area contributed by atoms with Gasteiger partial charge in [-0.3, -0.25) is 9.88 Å². The Labute approximate surface area is 104 Å². The lowest BCUT2D eigenvalue weighted by atomic mass is 10.2. The SMILES string of the molecule is Cc1cccc(CN(CCC#N)CC(C)C)n1. The predicted molar refractivity (Wildman–Crippen MR) is 69.3 cm³/mol. The van der Waals surface area contributed by atoms with E-state index in [2.05, 4.69) is 29.8 Å². The Bertz CT molecular complexity index is 379. The predicted octanol–water partition coefficient (Wildman–Crippen LogP) is 2.76. The third-order valence-corrected chi connectivity index (χ3v) is 2.49. The van der Waals surface area contributed by atoms with Gasteiger partial charge in [-0.25, -0.2) is 0 Å². The van der Waals surface area contributed by atoms with E-state index in [9.17, 15) is 0 Å². The summed E-state index contributed by atoms with van der Waals surface area (Å²) in [7, 11) is 0. The van der Waals surface area contributed by atoms with Crippen molar-refractivity contribution < 1.29 is 0 Å². The summed E-state index contributed by atoms with van der Waals surface area (Å²) >= 11 is 0. The number of pyridine rings is 1. The van der Waals surface area contributed by atoms with Crippen LogP contribution in [0.3, 0.4) is 0 Å². The number of hydrogen-bond acceptors (Lipinski definition) is 3. The topological polar surface area (TPSA) is 39.9 Å². The Kier molecular flexibility index (Phi) is 5.65. The molecule has 0 bridgehead atoms. The Morgan fingerprint density at radius 2 is 2.18 bits per heavy atom. The number of rotatable bonds is 6. The van der Waals surface area contributed by atoms with E-state index in [1.165, 1.54) is 0 Å². The van der Waals surface area contributed by atoms with E-state index in [-0.39, 0.29) is 0 Å². The minimum Gasteiger partial charge on any atom is -0.296 e. The van der Waals surface area contributed by atoms with Crippen molar-refractivity contribution in [1.29, 1.82) is 5.26 Å². The van der Waals surface area contributed by atoms with Crippen molar-refractivity contribution in [3.05, 3.63) is 29.6 Å². The normalized spacial score (nSPS) is 10.8. The summed E-state index contributed by atoms with van der Waals surface area (Å²) in [6.45, 7) is 9.07. The van der Waals surface area contributed by atoms with Gasteiger partial charge in [0.25, 0.3) is 0 Å². The van der Waals surface area contributed by atoms with Crippen LogP contribution >= 0.6 is 0 Å². The second-order valence-corrected chi connectivity index (χ2v) is 4.81. The molecule has 0 atom stereocenters. The summed E-state index contributed by atoms with van der Waals surface area (Å²) < 4.78 is 0. The molecule has 3 heteroatoms. The summed E-state index contributed by atoms with van der Waals surface area (Å²) in [6.07, 6.45) is 0.582. The molecule has 17 heavy (non-hydrogen) atoms. The Balaban J connectivity index is 2.61. The molecule has 0 N–H and O–H groups in total. The van der Waals surface area contributed by atoms with Crippen molar-refractivity contribution in [1.82, 2.24) is 9.88 Å². The number of nitriles is 1. The van der Waals surface area contributed by atoms with Crippen LogP contribution < -0.4 is 0 Å². The van der Waals surface area contributed by atoms with Crippen LogP contribution in [0.15, 0.2) is 18.2 Å². The van der Waals surface area contributed by atoms with Crippen LogP contribution in [-0.4, -0.2) is 23.0 Å². The van der Waals surface area contributed by atoms with Crippen LogP contribution in [0, 0.1) is 24.2 Å². The van der Waals surface area contributed by atoms with E-state index in [1.54, 1.807) is 0 Å². The first-order chi connectivity index (χ1) is 8.11. The summed E-state index contributed by atoms with van der Waals surface area (Å²) in [6, 6.07) is 8.30. The Morgan fingerprint density at radius 3 is 2.76 bits per heavy atom.